The maximum Gasteiger partial charge on any atom is 0.113 e. The Hall–Kier alpha value is -1.83. The number of benzene rings is 3. The van der Waals surface area contributed by atoms with Crippen molar-refractivity contribution in [3.63, 3.8) is 0 Å². The molecule has 0 atom stereocenters. The van der Waals surface area contributed by atoms with Crippen LogP contribution in [0.3, 0.4) is 0 Å². The van der Waals surface area contributed by atoms with Gasteiger partial charge in [-0.05, 0) is 118 Å². The monoisotopic (exact) mass is 452 g/mol. The zero-order valence-corrected chi connectivity index (χ0v) is 20.7. The van der Waals surface area contributed by atoms with E-state index in [1.807, 2.05) is 0 Å². The number of hydrogen-bond acceptors (Lipinski definition) is 0. The summed E-state index contributed by atoms with van der Waals surface area (Å²) in [5, 5.41) is 4.13. The van der Waals surface area contributed by atoms with Crippen molar-refractivity contribution in [1.29, 1.82) is 0 Å². The van der Waals surface area contributed by atoms with Crippen molar-refractivity contribution in [2.45, 2.75) is 50.6 Å². The third-order valence-electron chi connectivity index (χ3n) is 10.3. The van der Waals surface area contributed by atoms with Crippen LogP contribution in [0, 0.1) is 23.7 Å². The minimum atomic E-state index is -1.69. The number of fused-ring (bicyclic) bond motifs is 6. The molecule has 0 saturated heterocycles. The van der Waals surface area contributed by atoms with Gasteiger partial charge >= 0.3 is 0 Å². The van der Waals surface area contributed by atoms with Gasteiger partial charge in [-0.2, -0.15) is 0 Å². The summed E-state index contributed by atoms with van der Waals surface area (Å²) in [6.45, 7) is 5.08. The predicted octanol–water partition coefficient (Wildman–Crippen LogP) is 6.87. The van der Waals surface area contributed by atoms with Crippen LogP contribution in [0.15, 0.2) is 54.6 Å². The van der Waals surface area contributed by atoms with E-state index >= 15 is 0 Å². The summed E-state index contributed by atoms with van der Waals surface area (Å²) in [7, 11) is -1.69. The summed E-state index contributed by atoms with van der Waals surface area (Å²) in [4.78, 5) is 0. The molecule has 1 heterocycles. The fourth-order valence-corrected chi connectivity index (χ4v) is 12.6. The molecule has 0 N–H and O–H groups in total. The molecular weight excluding hydrogens is 424 g/mol. The van der Waals surface area contributed by atoms with Crippen molar-refractivity contribution >= 4 is 30.0 Å². The molecule has 9 rings (SSSR count). The van der Waals surface area contributed by atoms with Gasteiger partial charge in [-0.1, -0.05) is 61.1 Å². The molecule has 5 aliphatic carbocycles. The molecule has 6 aliphatic rings. The second-order valence-electron chi connectivity index (χ2n) is 12.0. The molecule has 4 bridgehead atoms. The first-order valence-corrected chi connectivity index (χ1v) is 15.9. The Balaban J connectivity index is 1.46. The summed E-state index contributed by atoms with van der Waals surface area (Å²) < 4.78 is 0. The third kappa shape index (κ3) is 1.99. The highest BCUT2D eigenvalue weighted by molar-refractivity contribution is 7.03. The highest BCUT2D eigenvalue weighted by Gasteiger charge is 2.62. The molecule has 32 heavy (non-hydrogen) atoms. The lowest BCUT2D eigenvalue weighted by molar-refractivity contribution is -0.0399. The molecule has 0 amide bonds. The van der Waals surface area contributed by atoms with Crippen LogP contribution in [-0.4, -0.2) is 8.07 Å². The molecule has 0 unspecified atom stereocenters. The quantitative estimate of drug-likeness (QED) is 0.326. The average Bonchev–Trinajstić information content (AvgIpc) is 3.17. The van der Waals surface area contributed by atoms with Gasteiger partial charge < -0.3 is 0 Å². The summed E-state index contributed by atoms with van der Waals surface area (Å²) >= 11 is 6.62. The van der Waals surface area contributed by atoms with Crippen LogP contribution in [0.5, 0.6) is 0 Å². The van der Waals surface area contributed by atoms with Gasteiger partial charge in [0.1, 0.15) is 8.07 Å². The first kappa shape index (κ1) is 18.6. The third-order valence-corrected chi connectivity index (χ3v) is 14.1. The topological polar surface area (TPSA) is 0 Å². The molecule has 3 aromatic carbocycles. The van der Waals surface area contributed by atoms with Crippen molar-refractivity contribution in [1.82, 2.24) is 0 Å². The first-order chi connectivity index (χ1) is 15.5. The van der Waals surface area contributed by atoms with E-state index in [-0.39, 0.29) is 5.41 Å². The fourth-order valence-electron chi connectivity index (χ4n) is 9.37. The molecule has 4 saturated carbocycles. The molecule has 0 radical (unpaired) electrons. The van der Waals surface area contributed by atoms with Gasteiger partial charge in [0.05, 0.1) is 0 Å². The minimum Gasteiger partial charge on any atom is -0.0843 e. The van der Waals surface area contributed by atoms with E-state index in [1.165, 1.54) is 48.8 Å². The lowest BCUT2D eigenvalue weighted by Gasteiger charge is -2.61. The second-order valence-corrected chi connectivity index (χ2v) is 16.7. The van der Waals surface area contributed by atoms with Gasteiger partial charge in [0, 0.05) is 10.4 Å². The normalized spacial score (nSPS) is 33.8. The molecule has 1 aliphatic heterocycles. The van der Waals surface area contributed by atoms with Crippen LogP contribution in [0.4, 0.5) is 0 Å². The standard InChI is InChI=1S/C30H29ClSi/c1-32(2)28-6-4-3-5-22(28)25-15-27-24(16-29(25)32)23-14-21(31)7-8-26(23)30(27)19-10-17-9-18(12-19)13-20(30)11-17/h3-8,14-20H,9-13H2,1-2H3. The van der Waals surface area contributed by atoms with Crippen LogP contribution in [0.2, 0.25) is 18.1 Å². The van der Waals surface area contributed by atoms with Crippen molar-refractivity contribution in [2.24, 2.45) is 23.7 Å². The minimum absolute atomic E-state index is 0.223. The lowest BCUT2D eigenvalue weighted by Crippen LogP contribution is -2.55. The van der Waals surface area contributed by atoms with Gasteiger partial charge in [0.2, 0.25) is 0 Å². The van der Waals surface area contributed by atoms with Gasteiger partial charge in [-0.15, -0.1) is 0 Å². The van der Waals surface area contributed by atoms with Crippen molar-refractivity contribution in [3.05, 3.63) is 70.7 Å². The van der Waals surface area contributed by atoms with Crippen molar-refractivity contribution in [3.8, 4) is 22.3 Å². The number of hydrogen-bond donors (Lipinski definition) is 0. The number of halogens is 1. The Labute approximate surface area is 197 Å². The zero-order chi connectivity index (χ0) is 21.4. The van der Waals surface area contributed by atoms with Crippen LogP contribution >= 0.6 is 11.6 Å². The first-order valence-electron chi connectivity index (χ1n) is 12.6. The van der Waals surface area contributed by atoms with Crippen LogP contribution in [-0.2, 0) is 5.41 Å². The van der Waals surface area contributed by atoms with Crippen molar-refractivity contribution in [2.75, 3.05) is 0 Å². The van der Waals surface area contributed by atoms with E-state index in [0.717, 1.165) is 28.7 Å². The Morgan fingerprint density at radius 1 is 0.688 bits per heavy atom. The fraction of sp³-hybridized carbons (Fsp3) is 0.400. The van der Waals surface area contributed by atoms with Crippen LogP contribution in [0.25, 0.3) is 22.3 Å². The summed E-state index contributed by atoms with van der Waals surface area (Å²) in [6.07, 6.45) is 7.23. The number of rotatable bonds is 0. The molecule has 4 fully saturated rings. The van der Waals surface area contributed by atoms with E-state index in [1.54, 1.807) is 27.1 Å². The molecule has 0 aromatic heterocycles. The maximum atomic E-state index is 6.62. The molecule has 2 heteroatoms. The van der Waals surface area contributed by atoms with Gasteiger partial charge in [0.15, 0.2) is 0 Å². The Morgan fingerprint density at radius 2 is 1.38 bits per heavy atom. The summed E-state index contributed by atoms with van der Waals surface area (Å²) in [5.74, 6) is 3.56. The van der Waals surface area contributed by atoms with Gasteiger partial charge in [-0.3, -0.25) is 0 Å². The highest BCUT2D eigenvalue weighted by Crippen LogP contribution is 2.69. The zero-order valence-electron chi connectivity index (χ0n) is 18.9. The van der Waals surface area contributed by atoms with Gasteiger partial charge in [0.25, 0.3) is 0 Å². The van der Waals surface area contributed by atoms with E-state index < -0.39 is 8.07 Å². The van der Waals surface area contributed by atoms with Crippen molar-refractivity contribution < 1.29 is 0 Å². The molecule has 1 spiro atoms. The second kappa shape index (κ2) is 5.80. The lowest BCUT2D eigenvalue weighted by atomic mass is 9.43. The smallest absolute Gasteiger partial charge is 0.0843 e. The molecule has 160 valence electrons. The summed E-state index contributed by atoms with van der Waals surface area (Å²) in [5.41, 5.74) is 9.51. The van der Waals surface area contributed by atoms with Gasteiger partial charge in [-0.25, -0.2) is 0 Å². The van der Waals surface area contributed by atoms with E-state index in [9.17, 15) is 0 Å². The predicted molar refractivity (Wildman–Crippen MR) is 137 cm³/mol. The average molecular weight is 453 g/mol. The highest BCUT2D eigenvalue weighted by atomic mass is 35.5. The maximum absolute atomic E-state index is 6.62. The molecule has 3 aromatic rings. The summed E-state index contributed by atoms with van der Waals surface area (Å²) in [6, 6.07) is 21.4. The van der Waals surface area contributed by atoms with E-state index in [0.29, 0.717) is 0 Å². The Bertz CT molecular complexity index is 1300. The Kier molecular flexibility index (Phi) is 3.37. The largest absolute Gasteiger partial charge is 0.113 e. The van der Waals surface area contributed by atoms with Crippen LogP contribution in [0.1, 0.15) is 43.2 Å². The van der Waals surface area contributed by atoms with Crippen LogP contribution < -0.4 is 10.4 Å². The molecule has 0 nitrogen and oxygen atoms in total. The molecular formula is C30H29ClSi. The van der Waals surface area contributed by atoms with E-state index in [4.69, 9.17) is 11.6 Å². The SMILES string of the molecule is C[Si]1(C)c2ccccc2-c2cc3c(cc21)-c1cc(Cl)ccc1C31C2CC3CC(C2)CC1C3. The Morgan fingerprint density at radius 3 is 2.12 bits per heavy atom. The van der Waals surface area contributed by atoms with E-state index in [2.05, 4.69) is 67.7 Å².